The van der Waals surface area contributed by atoms with Crippen LogP contribution in [0.5, 0.6) is 0 Å². The molecular weight excluding hydrogens is 399 g/mol. The van der Waals surface area contributed by atoms with E-state index in [0.717, 1.165) is 12.8 Å². The Balaban J connectivity index is 1.50. The van der Waals surface area contributed by atoms with Gasteiger partial charge in [0.05, 0.1) is 11.8 Å². The summed E-state index contributed by atoms with van der Waals surface area (Å²) in [5.74, 6) is 1.12. The van der Waals surface area contributed by atoms with E-state index in [1.54, 1.807) is 13.0 Å². The molecule has 2 aliphatic rings. The van der Waals surface area contributed by atoms with Gasteiger partial charge in [-0.3, -0.25) is 0 Å². The normalized spacial score (nSPS) is 25.4. The van der Waals surface area contributed by atoms with E-state index in [1.165, 1.54) is 0 Å². The molecule has 0 aliphatic heterocycles. The molecule has 0 amide bonds. The number of aryl methyl sites for hydroxylation is 1. The number of nitrogens with one attached hydrogen (secondary N) is 2. The fourth-order valence-electron chi connectivity index (χ4n) is 4.29. The fourth-order valence-corrected chi connectivity index (χ4v) is 4.29. The Morgan fingerprint density at radius 3 is 2.57 bits per heavy atom. The van der Waals surface area contributed by atoms with Crippen LogP contribution in [0.25, 0.3) is 22.6 Å². The molecule has 1 aromatic carbocycles. The molecule has 3 N–H and O–H groups in total. The van der Waals surface area contributed by atoms with Gasteiger partial charge in [-0.2, -0.15) is 18.2 Å². The Labute approximate surface area is 169 Å². The number of anilines is 2. The molecule has 30 heavy (non-hydrogen) atoms. The van der Waals surface area contributed by atoms with Gasteiger partial charge in [0.2, 0.25) is 11.8 Å². The van der Waals surface area contributed by atoms with Crippen molar-refractivity contribution in [2.75, 3.05) is 17.2 Å². The van der Waals surface area contributed by atoms with Crippen LogP contribution in [-0.2, 0) is 0 Å². The summed E-state index contributed by atoms with van der Waals surface area (Å²) in [7, 11) is 0. The Hall–Kier alpha value is -2.88. The third kappa shape index (κ3) is 3.55. The second-order valence-corrected chi connectivity index (χ2v) is 7.94. The van der Waals surface area contributed by atoms with Crippen LogP contribution in [0.4, 0.5) is 24.9 Å². The quantitative estimate of drug-likeness (QED) is 0.580. The summed E-state index contributed by atoms with van der Waals surface area (Å²) in [5, 5.41) is 15.4. The molecule has 0 spiro atoms. The van der Waals surface area contributed by atoms with Gasteiger partial charge in [0.25, 0.3) is 0 Å². The number of aliphatic hydroxyl groups excluding tert-OH is 1. The number of alkyl halides is 3. The minimum atomic E-state index is -4.38. The second-order valence-electron chi connectivity index (χ2n) is 7.94. The second kappa shape index (κ2) is 6.83. The van der Waals surface area contributed by atoms with Crippen molar-refractivity contribution in [2.45, 2.75) is 38.1 Å². The molecule has 2 heterocycles. The van der Waals surface area contributed by atoms with Crippen LogP contribution in [-0.4, -0.2) is 44.9 Å². The van der Waals surface area contributed by atoms with E-state index >= 15 is 0 Å². The minimum Gasteiger partial charge on any atom is -0.436 e. The maximum Gasteiger partial charge on any atom is 0.405 e. The number of nitrogens with zero attached hydrogens (tertiary/aromatic N) is 3. The predicted octanol–water partition coefficient (Wildman–Crippen LogP) is 3.75. The lowest BCUT2D eigenvalue weighted by molar-refractivity contribution is -0.115. The Morgan fingerprint density at radius 1 is 1.13 bits per heavy atom. The number of fused-ring (bicyclic) bond motifs is 2. The first-order chi connectivity index (χ1) is 14.3. The van der Waals surface area contributed by atoms with Crippen molar-refractivity contribution in [3.8, 4) is 11.5 Å². The Morgan fingerprint density at radius 2 is 1.87 bits per heavy atom. The first-order valence-electron chi connectivity index (χ1n) is 9.78. The Kier molecular flexibility index (Phi) is 4.35. The van der Waals surface area contributed by atoms with Crippen molar-refractivity contribution in [3.05, 3.63) is 30.0 Å². The molecular formula is C20H20F3N5O2. The van der Waals surface area contributed by atoms with Crippen molar-refractivity contribution in [1.82, 2.24) is 15.0 Å². The van der Waals surface area contributed by atoms with Crippen molar-refractivity contribution in [3.63, 3.8) is 0 Å². The SMILES string of the molecule is Cc1nc(NCC(F)(F)F)nc(NC2CC3C(O)C3C2)c1-c1nc2ccccc2o1. The highest BCUT2D eigenvalue weighted by Gasteiger charge is 2.55. The highest BCUT2D eigenvalue weighted by atomic mass is 19.4. The van der Waals surface area contributed by atoms with Gasteiger partial charge < -0.3 is 20.2 Å². The molecule has 0 bridgehead atoms. The summed E-state index contributed by atoms with van der Waals surface area (Å²) in [4.78, 5) is 13.0. The molecule has 5 rings (SSSR count). The molecule has 158 valence electrons. The number of para-hydroxylation sites is 2. The summed E-state index contributed by atoms with van der Waals surface area (Å²) in [6, 6.07) is 7.35. The maximum absolute atomic E-state index is 12.6. The first-order valence-corrected chi connectivity index (χ1v) is 9.78. The van der Waals surface area contributed by atoms with Crippen LogP contribution in [0.2, 0.25) is 0 Å². The van der Waals surface area contributed by atoms with Crippen molar-refractivity contribution < 1.29 is 22.7 Å². The van der Waals surface area contributed by atoms with Gasteiger partial charge in [0.1, 0.15) is 23.4 Å². The number of aromatic nitrogens is 3. The van der Waals surface area contributed by atoms with Gasteiger partial charge in [-0.25, -0.2) is 9.97 Å². The molecule has 7 nitrogen and oxygen atoms in total. The molecule has 2 aliphatic carbocycles. The highest BCUT2D eigenvalue weighted by Crippen LogP contribution is 2.52. The average molecular weight is 419 g/mol. The number of oxazole rings is 1. The number of aliphatic hydroxyl groups is 1. The number of halogens is 3. The molecule has 2 atom stereocenters. The van der Waals surface area contributed by atoms with Crippen LogP contribution in [0, 0.1) is 18.8 Å². The van der Waals surface area contributed by atoms with E-state index in [-0.39, 0.29) is 29.9 Å². The maximum atomic E-state index is 12.6. The molecule has 2 aromatic heterocycles. The average Bonchev–Trinajstić information content (AvgIpc) is 3.05. The molecule has 2 fully saturated rings. The smallest absolute Gasteiger partial charge is 0.405 e. The van der Waals surface area contributed by atoms with Gasteiger partial charge >= 0.3 is 6.18 Å². The summed E-state index contributed by atoms with van der Waals surface area (Å²) >= 11 is 0. The lowest BCUT2D eigenvalue weighted by atomic mass is 10.1. The van der Waals surface area contributed by atoms with Crippen LogP contribution >= 0.6 is 0 Å². The van der Waals surface area contributed by atoms with Crippen LogP contribution in [0.15, 0.2) is 28.7 Å². The zero-order chi connectivity index (χ0) is 21.0. The number of benzene rings is 1. The molecule has 0 saturated heterocycles. The van der Waals surface area contributed by atoms with Crippen molar-refractivity contribution >= 4 is 22.9 Å². The molecule has 10 heteroatoms. The number of hydrogen-bond donors (Lipinski definition) is 3. The first kappa shape index (κ1) is 19.1. The van der Waals surface area contributed by atoms with E-state index in [4.69, 9.17) is 4.42 Å². The van der Waals surface area contributed by atoms with Crippen molar-refractivity contribution in [2.24, 2.45) is 11.8 Å². The summed E-state index contributed by atoms with van der Waals surface area (Å²) < 4.78 is 43.8. The number of hydrogen-bond acceptors (Lipinski definition) is 7. The summed E-state index contributed by atoms with van der Waals surface area (Å²) in [6.45, 7) is 0.458. The van der Waals surface area contributed by atoms with Crippen LogP contribution in [0.1, 0.15) is 18.5 Å². The van der Waals surface area contributed by atoms with Gasteiger partial charge in [-0.15, -0.1) is 0 Å². The zero-order valence-electron chi connectivity index (χ0n) is 16.1. The molecule has 2 unspecified atom stereocenters. The number of rotatable bonds is 5. The van der Waals surface area contributed by atoms with Gasteiger partial charge in [-0.1, -0.05) is 12.1 Å². The largest absolute Gasteiger partial charge is 0.436 e. The van der Waals surface area contributed by atoms with Gasteiger partial charge in [0, 0.05) is 6.04 Å². The lowest BCUT2D eigenvalue weighted by Gasteiger charge is -2.19. The summed E-state index contributed by atoms with van der Waals surface area (Å²) in [5.41, 5.74) is 2.24. The van der Waals surface area contributed by atoms with E-state index in [9.17, 15) is 18.3 Å². The van der Waals surface area contributed by atoms with E-state index in [1.807, 2.05) is 18.2 Å². The summed E-state index contributed by atoms with van der Waals surface area (Å²) in [6.07, 6.45) is -3.05. The van der Waals surface area contributed by atoms with Crippen LogP contribution < -0.4 is 10.6 Å². The third-order valence-electron chi connectivity index (χ3n) is 5.79. The molecule has 0 radical (unpaired) electrons. The standard InChI is InChI=1S/C20H20F3N5O2/c1-9-15(18-27-13-4-2-3-5-14(13)30-18)17(26-10-6-11-12(7-10)16(11)29)28-19(25-9)24-8-20(21,22)23/h2-5,10-12,16,29H,6-8H2,1H3,(H2,24,25,26,28). The predicted molar refractivity (Wildman–Crippen MR) is 104 cm³/mol. The van der Waals surface area contributed by atoms with E-state index in [0.29, 0.717) is 34.1 Å². The fraction of sp³-hybridized carbons (Fsp3) is 0.450. The molecule has 3 aromatic rings. The lowest BCUT2D eigenvalue weighted by Crippen LogP contribution is -2.24. The van der Waals surface area contributed by atoms with Gasteiger partial charge in [-0.05, 0) is 43.7 Å². The topological polar surface area (TPSA) is 96.1 Å². The third-order valence-corrected chi connectivity index (χ3v) is 5.79. The van der Waals surface area contributed by atoms with E-state index in [2.05, 4.69) is 25.6 Å². The highest BCUT2D eigenvalue weighted by molar-refractivity contribution is 5.80. The minimum absolute atomic E-state index is 0.0660. The van der Waals surface area contributed by atoms with Crippen LogP contribution in [0.3, 0.4) is 0 Å². The zero-order valence-corrected chi connectivity index (χ0v) is 16.1. The monoisotopic (exact) mass is 419 g/mol. The Bertz CT molecular complexity index is 1050. The molecule has 2 saturated carbocycles. The van der Waals surface area contributed by atoms with E-state index < -0.39 is 12.7 Å². The van der Waals surface area contributed by atoms with Crippen molar-refractivity contribution in [1.29, 1.82) is 0 Å². The van der Waals surface area contributed by atoms with Gasteiger partial charge in [0.15, 0.2) is 5.58 Å².